The molecular weight excluding hydrogens is 312 g/mol. The number of methoxy groups -OCH3 is 1. The van der Waals surface area contributed by atoms with Crippen LogP contribution >= 0.6 is 0 Å². The second-order valence-corrected chi connectivity index (χ2v) is 6.14. The number of hydrogen-bond acceptors (Lipinski definition) is 6. The minimum absolute atomic E-state index is 0.0148. The van der Waals surface area contributed by atoms with Crippen LogP contribution in [0.4, 0.5) is 5.69 Å². The van der Waals surface area contributed by atoms with E-state index in [9.17, 15) is 9.59 Å². The predicted molar refractivity (Wildman–Crippen MR) is 88.1 cm³/mol. The van der Waals surface area contributed by atoms with Gasteiger partial charge in [-0.1, -0.05) is 0 Å². The lowest BCUT2D eigenvalue weighted by molar-refractivity contribution is -0.138. The molecule has 8 heteroatoms. The summed E-state index contributed by atoms with van der Waals surface area (Å²) in [4.78, 5) is 28.6. The van der Waals surface area contributed by atoms with Crippen molar-refractivity contribution in [2.75, 3.05) is 58.0 Å². The number of carbonyl (C=O) groups is 1. The average molecular weight is 336 g/mol. The third-order valence-corrected chi connectivity index (χ3v) is 4.59. The van der Waals surface area contributed by atoms with Gasteiger partial charge in [0.05, 0.1) is 44.2 Å². The van der Waals surface area contributed by atoms with E-state index < -0.39 is 0 Å². The first kappa shape index (κ1) is 16.9. The van der Waals surface area contributed by atoms with E-state index in [0.29, 0.717) is 46.0 Å². The molecule has 1 atom stereocenters. The molecule has 0 spiro atoms. The van der Waals surface area contributed by atoms with E-state index in [1.807, 2.05) is 4.90 Å². The molecule has 0 bridgehead atoms. The Bertz CT molecular complexity index is 627. The summed E-state index contributed by atoms with van der Waals surface area (Å²) in [5.74, 6) is 0.182. The Labute approximate surface area is 140 Å². The summed E-state index contributed by atoms with van der Waals surface area (Å²) in [5, 5.41) is 4.19. The van der Waals surface area contributed by atoms with Crippen LogP contribution in [0, 0.1) is 5.92 Å². The number of hydrogen-bond donors (Lipinski definition) is 0. The molecule has 0 saturated carbocycles. The number of morpholine rings is 1. The molecule has 1 aromatic heterocycles. The fraction of sp³-hybridized carbons (Fsp3) is 0.688. The van der Waals surface area contributed by atoms with Crippen molar-refractivity contribution in [3.05, 3.63) is 22.6 Å². The quantitative estimate of drug-likeness (QED) is 0.727. The summed E-state index contributed by atoms with van der Waals surface area (Å²) in [6, 6.07) is 1.59. The third kappa shape index (κ3) is 3.76. The second kappa shape index (κ2) is 7.76. The average Bonchev–Trinajstić information content (AvgIpc) is 3.11. The van der Waals surface area contributed by atoms with Crippen molar-refractivity contribution in [2.45, 2.75) is 13.0 Å². The fourth-order valence-corrected chi connectivity index (χ4v) is 3.18. The Morgan fingerprint density at radius 1 is 1.38 bits per heavy atom. The lowest BCUT2D eigenvalue weighted by Gasteiger charge is -2.29. The number of carbonyl (C=O) groups excluding carboxylic acids is 1. The summed E-state index contributed by atoms with van der Waals surface area (Å²) in [6.45, 7) is 4.87. The van der Waals surface area contributed by atoms with Gasteiger partial charge in [-0.2, -0.15) is 5.10 Å². The summed E-state index contributed by atoms with van der Waals surface area (Å²) in [6.07, 6.45) is 2.50. The van der Waals surface area contributed by atoms with Crippen LogP contribution in [0.15, 0.2) is 17.1 Å². The van der Waals surface area contributed by atoms with Crippen LogP contribution in [-0.4, -0.2) is 73.7 Å². The van der Waals surface area contributed by atoms with Crippen molar-refractivity contribution in [2.24, 2.45) is 5.92 Å². The Morgan fingerprint density at radius 3 is 2.88 bits per heavy atom. The molecule has 1 unspecified atom stereocenters. The van der Waals surface area contributed by atoms with Crippen LogP contribution in [0.2, 0.25) is 0 Å². The predicted octanol–water partition coefficient (Wildman–Crippen LogP) is -0.425. The maximum absolute atomic E-state index is 12.6. The Balaban J connectivity index is 1.61. The van der Waals surface area contributed by atoms with Gasteiger partial charge in [0.15, 0.2) is 0 Å². The van der Waals surface area contributed by atoms with Gasteiger partial charge in [0, 0.05) is 39.4 Å². The summed E-state index contributed by atoms with van der Waals surface area (Å²) in [5.41, 5.74) is 0.637. The molecule has 3 rings (SSSR count). The van der Waals surface area contributed by atoms with E-state index in [1.165, 1.54) is 4.68 Å². The Hall–Kier alpha value is -1.93. The van der Waals surface area contributed by atoms with E-state index in [2.05, 4.69) is 10.00 Å². The monoisotopic (exact) mass is 336 g/mol. The lowest BCUT2D eigenvalue weighted by Crippen LogP contribution is -2.44. The van der Waals surface area contributed by atoms with Gasteiger partial charge < -0.3 is 19.3 Å². The zero-order valence-electron chi connectivity index (χ0n) is 14.0. The van der Waals surface area contributed by atoms with Gasteiger partial charge >= 0.3 is 0 Å². The van der Waals surface area contributed by atoms with Crippen molar-refractivity contribution in [1.29, 1.82) is 0 Å². The first-order valence-electron chi connectivity index (χ1n) is 8.36. The third-order valence-electron chi connectivity index (χ3n) is 4.59. The highest BCUT2D eigenvalue weighted by atomic mass is 16.5. The van der Waals surface area contributed by atoms with Crippen LogP contribution in [0.25, 0.3) is 0 Å². The molecule has 3 heterocycles. The summed E-state index contributed by atoms with van der Waals surface area (Å²) < 4.78 is 11.7. The number of nitrogens with zero attached hydrogens (tertiary/aromatic N) is 4. The van der Waals surface area contributed by atoms with Gasteiger partial charge in [-0.05, 0) is 6.42 Å². The van der Waals surface area contributed by atoms with E-state index >= 15 is 0 Å². The van der Waals surface area contributed by atoms with Crippen molar-refractivity contribution in [3.8, 4) is 0 Å². The van der Waals surface area contributed by atoms with Gasteiger partial charge in [0.25, 0.3) is 5.56 Å². The van der Waals surface area contributed by atoms with Crippen LogP contribution in [0.3, 0.4) is 0 Å². The van der Waals surface area contributed by atoms with Crippen LogP contribution < -0.4 is 10.5 Å². The topological polar surface area (TPSA) is 76.9 Å². The number of amides is 1. The molecule has 0 aliphatic carbocycles. The molecule has 0 N–H and O–H groups in total. The minimum atomic E-state index is -0.146. The van der Waals surface area contributed by atoms with Crippen molar-refractivity contribution >= 4 is 11.6 Å². The van der Waals surface area contributed by atoms with E-state index in [0.717, 1.165) is 18.7 Å². The highest BCUT2D eigenvalue weighted by Crippen LogP contribution is 2.24. The highest BCUT2D eigenvalue weighted by molar-refractivity contribution is 5.80. The van der Waals surface area contributed by atoms with Gasteiger partial charge in [0.1, 0.15) is 0 Å². The molecule has 132 valence electrons. The van der Waals surface area contributed by atoms with Gasteiger partial charge in [-0.3, -0.25) is 9.59 Å². The van der Waals surface area contributed by atoms with E-state index in [1.54, 1.807) is 19.4 Å². The molecule has 0 aromatic carbocycles. The number of rotatable bonds is 5. The molecular formula is C16H24N4O4. The maximum atomic E-state index is 12.6. The smallest absolute Gasteiger partial charge is 0.268 e. The van der Waals surface area contributed by atoms with Gasteiger partial charge in [-0.15, -0.1) is 0 Å². The molecule has 24 heavy (non-hydrogen) atoms. The second-order valence-electron chi connectivity index (χ2n) is 6.14. The van der Waals surface area contributed by atoms with Crippen LogP contribution in [-0.2, 0) is 20.8 Å². The SMILES string of the molecule is COCCn1ncc(N2CCC(C(=O)N3CCOCC3)C2)cc1=O. The Kier molecular flexibility index (Phi) is 5.47. The van der Waals surface area contributed by atoms with E-state index in [-0.39, 0.29) is 17.4 Å². The molecule has 2 saturated heterocycles. The molecule has 2 fully saturated rings. The maximum Gasteiger partial charge on any atom is 0.268 e. The Morgan fingerprint density at radius 2 is 2.17 bits per heavy atom. The van der Waals surface area contributed by atoms with Crippen LogP contribution in [0.1, 0.15) is 6.42 Å². The zero-order valence-corrected chi connectivity index (χ0v) is 14.0. The molecule has 1 aromatic rings. The summed E-state index contributed by atoms with van der Waals surface area (Å²) in [7, 11) is 1.59. The summed E-state index contributed by atoms with van der Waals surface area (Å²) >= 11 is 0. The molecule has 0 radical (unpaired) electrons. The zero-order chi connectivity index (χ0) is 16.9. The number of ether oxygens (including phenoxy) is 2. The molecule has 8 nitrogen and oxygen atoms in total. The lowest BCUT2D eigenvalue weighted by atomic mass is 10.1. The van der Waals surface area contributed by atoms with Gasteiger partial charge in [0.2, 0.25) is 5.91 Å². The first-order valence-corrected chi connectivity index (χ1v) is 8.36. The number of aromatic nitrogens is 2. The van der Waals surface area contributed by atoms with E-state index in [4.69, 9.17) is 9.47 Å². The van der Waals surface area contributed by atoms with Crippen LogP contribution in [0.5, 0.6) is 0 Å². The number of anilines is 1. The first-order chi connectivity index (χ1) is 11.7. The molecule has 2 aliphatic heterocycles. The minimum Gasteiger partial charge on any atom is -0.383 e. The largest absolute Gasteiger partial charge is 0.383 e. The van der Waals surface area contributed by atoms with Crippen molar-refractivity contribution in [3.63, 3.8) is 0 Å². The molecule has 2 aliphatic rings. The highest BCUT2D eigenvalue weighted by Gasteiger charge is 2.32. The van der Waals surface area contributed by atoms with Gasteiger partial charge in [-0.25, -0.2) is 4.68 Å². The molecule has 1 amide bonds. The standard InChI is InChI=1S/C16H24N4O4/c1-23-7-6-20-15(21)10-14(11-17-20)19-3-2-13(12-19)16(22)18-4-8-24-9-5-18/h10-11,13H,2-9,12H2,1H3. The fourth-order valence-electron chi connectivity index (χ4n) is 3.18. The normalized spacial score (nSPS) is 21.3. The van der Waals surface area contributed by atoms with Crippen molar-refractivity contribution in [1.82, 2.24) is 14.7 Å². The van der Waals surface area contributed by atoms with Crippen molar-refractivity contribution < 1.29 is 14.3 Å².